The number of ether oxygens (including phenoxy) is 1. The summed E-state index contributed by atoms with van der Waals surface area (Å²) in [5, 5.41) is 3.34. The molecule has 0 spiro atoms. The topological polar surface area (TPSA) is 21.3 Å². The van der Waals surface area contributed by atoms with Crippen molar-refractivity contribution in [3.05, 3.63) is 29.6 Å². The monoisotopic (exact) mass is 233 g/mol. The second-order valence-electron chi connectivity index (χ2n) is 4.22. The zero-order valence-electron chi connectivity index (χ0n) is 9.71. The summed E-state index contributed by atoms with van der Waals surface area (Å²) in [6.45, 7) is 1.07. The minimum atomic E-state index is -0.322. The van der Waals surface area contributed by atoms with Crippen LogP contribution in [-0.4, -0.2) is 12.6 Å². The summed E-state index contributed by atoms with van der Waals surface area (Å²) in [6, 6.07) is 5.68. The molecule has 1 aromatic rings. The third-order valence-electron chi connectivity index (χ3n) is 2.67. The average Bonchev–Trinajstić information content (AvgIpc) is 3.13. The van der Waals surface area contributed by atoms with E-state index in [0.29, 0.717) is 25.6 Å². The normalized spacial score (nSPS) is 14.4. The molecule has 1 saturated carbocycles. The zero-order chi connectivity index (χ0) is 12.1. The van der Waals surface area contributed by atoms with Crippen molar-refractivity contribution in [1.29, 1.82) is 0 Å². The molecule has 0 heterocycles. The molecule has 1 aromatic carbocycles. The highest BCUT2D eigenvalue weighted by molar-refractivity contribution is 5.29. The maximum atomic E-state index is 13.6. The Bertz CT molecular complexity index is 421. The Morgan fingerprint density at radius 3 is 2.94 bits per heavy atom. The molecule has 0 amide bonds. The third kappa shape index (κ3) is 3.76. The first kappa shape index (κ1) is 11.9. The Hall–Kier alpha value is -1.53. The van der Waals surface area contributed by atoms with Gasteiger partial charge in [0.15, 0.2) is 11.6 Å². The maximum Gasteiger partial charge on any atom is 0.165 e. The van der Waals surface area contributed by atoms with Crippen LogP contribution in [-0.2, 0) is 6.54 Å². The van der Waals surface area contributed by atoms with Crippen molar-refractivity contribution in [1.82, 2.24) is 5.32 Å². The van der Waals surface area contributed by atoms with Crippen LogP contribution in [0.4, 0.5) is 4.39 Å². The number of benzene rings is 1. The lowest BCUT2D eigenvalue weighted by Gasteiger charge is -2.08. The summed E-state index contributed by atoms with van der Waals surface area (Å²) in [6.07, 6.45) is 8.05. The molecule has 1 fully saturated rings. The van der Waals surface area contributed by atoms with Gasteiger partial charge in [-0.15, -0.1) is 12.3 Å². The summed E-state index contributed by atoms with van der Waals surface area (Å²) < 4.78 is 18.8. The molecule has 0 aromatic heterocycles. The van der Waals surface area contributed by atoms with Crippen LogP contribution in [0.25, 0.3) is 0 Å². The molecule has 90 valence electrons. The highest BCUT2D eigenvalue weighted by Gasteiger charge is 2.20. The van der Waals surface area contributed by atoms with Crippen LogP contribution in [0.3, 0.4) is 0 Å². The number of nitrogens with one attached hydrogen (secondary N) is 1. The van der Waals surface area contributed by atoms with Crippen molar-refractivity contribution in [3.63, 3.8) is 0 Å². The van der Waals surface area contributed by atoms with Gasteiger partial charge in [0.25, 0.3) is 0 Å². The van der Waals surface area contributed by atoms with E-state index in [1.54, 1.807) is 6.07 Å². The van der Waals surface area contributed by atoms with Crippen LogP contribution in [0.1, 0.15) is 24.8 Å². The van der Waals surface area contributed by atoms with Crippen molar-refractivity contribution in [2.75, 3.05) is 6.61 Å². The Labute approximate surface area is 101 Å². The predicted molar refractivity (Wildman–Crippen MR) is 65.2 cm³/mol. The van der Waals surface area contributed by atoms with Crippen LogP contribution in [0.15, 0.2) is 18.2 Å². The zero-order valence-corrected chi connectivity index (χ0v) is 9.71. The van der Waals surface area contributed by atoms with Crippen LogP contribution in [0.2, 0.25) is 0 Å². The van der Waals surface area contributed by atoms with Crippen LogP contribution in [0.5, 0.6) is 5.75 Å². The molecule has 0 saturated heterocycles. The van der Waals surface area contributed by atoms with E-state index < -0.39 is 0 Å². The Morgan fingerprint density at radius 2 is 2.29 bits per heavy atom. The molecule has 2 rings (SSSR count). The van der Waals surface area contributed by atoms with Crippen molar-refractivity contribution < 1.29 is 9.13 Å². The molecule has 3 heteroatoms. The van der Waals surface area contributed by atoms with Crippen molar-refractivity contribution in [2.45, 2.75) is 31.8 Å². The molecule has 0 radical (unpaired) electrons. The number of hydrogen-bond donors (Lipinski definition) is 1. The smallest absolute Gasteiger partial charge is 0.165 e. The first-order chi connectivity index (χ1) is 8.29. The van der Waals surface area contributed by atoms with Gasteiger partial charge < -0.3 is 10.1 Å². The SMILES string of the molecule is C#CCCOc1ccc(CNC2CC2)cc1F. The van der Waals surface area contributed by atoms with Gasteiger partial charge in [-0.05, 0) is 30.5 Å². The van der Waals surface area contributed by atoms with Crippen molar-refractivity contribution in [3.8, 4) is 18.1 Å². The summed E-state index contributed by atoms with van der Waals surface area (Å²) in [5.74, 6) is 2.40. The second-order valence-corrected chi connectivity index (χ2v) is 4.22. The predicted octanol–water partition coefficient (Wildman–Crippen LogP) is 2.48. The fraction of sp³-hybridized carbons (Fsp3) is 0.429. The largest absolute Gasteiger partial charge is 0.490 e. The van der Waals surface area contributed by atoms with E-state index in [1.807, 2.05) is 6.07 Å². The Kier molecular flexibility index (Phi) is 4.00. The first-order valence-electron chi connectivity index (χ1n) is 5.87. The number of hydrogen-bond acceptors (Lipinski definition) is 2. The summed E-state index contributed by atoms with van der Waals surface area (Å²) >= 11 is 0. The van der Waals surface area contributed by atoms with Gasteiger partial charge in [-0.1, -0.05) is 6.07 Å². The lowest BCUT2D eigenvalue weighted by Crippen LogP contribution is -2.15. The molecule has 2 nitrogen and oxygen atoms in total. The van der Waals surface area contributed by atoms with E-state index in [4.69, 9.17) is 11.2 Å². The van der Waals surface area contributed by atoms with Gasteiger partial charge in [-0.3, -0.25) is 0 Å². The first-order valence-corrected chi connectivity index (χ1v) is 5.87. The lowest BCUT2D eigenvalue weighted by molar-refractivity contribution is 0.310. The highest BCUT2D eigenvalue weighted by atomic mass is 19.1. The highest BCUT2D eigenvalue weighted by Crippen LogP contribution is 2.21. The van der Waals surface area contributed by atoms with E-state index in [2.05, 4.69) is 11.2 Å². The van der Waals surface area contributed by atoms with Crippen LogP contribution in [0, 0.1) is 18.2 Å². The summed E-state index contributed by atoms with van der Waals surface area (Å²) in [5.41, 5.74) is 0.943. The molecule has 17 heavy (non-hydrogen) atoms. The molecule has 1 N–H and O–H groups in total. The number of halogens is 1. The fourth-order valence-corrected chi connectivity index (χ4v) is 1.54. The van der Waals surface area contributed by atoms with E-state index in [9.17, 15) is 4.39 Å². The summed E-state index contributed by atoms with van der Waals surface area (Å²) in [7, 11) is 0. The Morgan fingerprint density at radius 1 is 1.47 bits per heavy atom. The van der Waals surface area contributed by atoms with Crippen LogP contribution >= 0.6 is 0 Å². The lowest BCUT2D eigenvalue weighted by atomic mass is 10.2. The van der Waals surface area contributed by atoms with E-state index >= 15 is 0 Å². The molecular weight excluding hydrogens is 217 g/mol. The fourth-order valence-electron chi connectivity index (χ4n) is 1.54. The molecule has 0 aliphatic heterocycles. The van der Waals surface area contributed by atoms with Gasteiger partial charge in [-0.2, -0.15) is 0 Å². The number of rotatable bonds is 6. The maximum absolute atomic E-state index is 13.6. The van der Waals surface area contributed by atoms with E-state index in [-0.39, 0.29) is 11.6 Å². The van der Waals surface area contributed by atoms with E-state index in [1.165, 1.54) is 18.9 Å². The molecular formula is C14H16FNO. The minimum absolute atomic E-state index is 0.274. The Balaban J connectivity index is 1.88. The van der Waals surface area contributed by atoms with Gasteiger partial charge in [0.05, 0.1) is 6.61 Å². The summed E-state index contributed by atoms with van der Waals surface area (Å²) in [4.78, 5) is 0. The molecule has 1 aliphatic rings. The molecule has 0 bridgehead atoms. The molecule has 0 atom stereocenters. The van der Waals surface area contributed by atoms with Crippen molar-refractivity contribution >= 4 is 0 Å². The molecule has 1 aliphatic carbocycles. The van der Waals surface area contributed by atoms with Crippen LogP contribution < -0.4 is 10.1 Å². The van der Waals surface area contributed by atoms with Gasteiger partial charge in [0.1, 0.15) is 0 Å². The van der Waals surface area contributed by atoms with Gasteiger partial charge in [-0.25, -0.2) is 4.39 Å². The van der Waals surface area contributed by atoms with Gasteiger partial charge in [0, 0.05) is 19.0 Å². The quantitative estimate of drug-likeness (QED) is 0.602. The second kappa shape index (κ2) is 5.70. The van der Waals surface area contributed by atoms with Crippen molar-refractivity contribution in [2.24, 2.45) is 0 Å². The minimum Gasteiger partial charge on any atom is -0.490 e. The number of terminal acetylenes is 1. The van der Waals surface area contributed by atoms with E-state index in [0.717, 1.165) is 5.56 Å². The standard InChI is InChI=1S/C14H16FNO/c1-2-3-8-17-14-7-4-11(9-13(14)15)10-16-12-5-6-12/h1,4,7,9,12,16H,3,5-6,8,10H2. The molecule has 0 unspecified atom stereocenters. The van der Waals surface area contributed by atoms with Gasteiger partial charge in [0.2, 0.25) is 0 Å². The average molecular weight is 233 g/mol. The van der Waals surface area contributed by atoms with Gasteiger partial charge >= 0.3 is 0 Å². The third-order valence-corrected chi connectivity index (χ3v) is 2.67.